The number of nitrogens with zero attached hydrogens (tertiary/aromatic N) is 1. The third-order valence-corrected chi connectivity index (χ3v) is 5.75. The average Bonchev–Trinajstić information content (AvgIpc) is 2.97. The van der Waals surface area contributed by atoms with E-state index in [4.69, 9.17) is 10.5 Å². The van der Waals surface area contributed by atoms with Crippen LogP contribution < -0.4 is 10.5 Å². The fourth-order valence-electron chi connectivity index (χ4n) is 4.16. The maximum Gasteiger partial charge on any atom is 0.304 e. The highest BCUT2D eigenvalue weighted by Gasteiger charge is 2.49. The van der Waals surface area contributed by atoms with Gasteiger partial charge in [-0.1, -0.05) is 49.4 Å². The van der Waals surface area contributed by atoms with Gasteiger partial charge in [-0.25, -0.2) is 0 Å². The predicted octanol–water partition coefficient (Wildman–Crippen LogP) is 3.24. The molecule has 1 aliphatic rings. The van der Waals surface area contributed by atoms with Crippen LogP contribution in [-0.2, 0) is 22.6 Å². The van der Waals surface area contributed by atoms with Gasteiger partial charge in [0, 0.05) is 13.1 Å². The van der Waals surface area contributed by atoms with Gasteiger partial charge in [-0.05, 0) is 42.5 Å². The number of aliphatic carboxylic acids is 1. The van der Waals surface area contributed by atoms with Crippen molar-refractivity contribution in [2.45, 2.75) is 45.2 Å². The maximum absolute atomic E-state index is 13.1. The summed E-state index contributed by atoms with van der Waals surface area (Å²) in [6, 6.07) is 17.6. The number of carboxylic acids is 1. The number of amides is 1. The van der Waals surface area contributed by atoms with E-state index in [1.165, 1.54) is 5.56 Å². The molecule has 3 N–H and O–H groups in total. The number of carbonyl (C=O) groups is 2. The normalized spacial score (nSPS) is 21.1. The highest BCUT2D eigenvalue weighted by atomic mass is 16.5. The van der Waals surface area contributed by atoms with Crippen LogP contribution >= 0.6 is 0 Å². The van der Waals surface area contributed by atoms with Gasteiger partial charge in [0.1, 0.15) is 12.4 Å². The first-order valence-electron chi connectivity index (χ1n) is 10.4. The van der Waals surface area contributed by atoms with E-state index in [1.807, 2.05) is 47.4 Å². The smallest absolute Gasteiger partial charge is 0.304 e. The molecule has 30 heavy (non-hydrogen) atoms. The number of benzene rings is 2. The van der Waals surface area contributed by atoms with E-state index >= 15 is 0 Å². The Morgan fingerprint density at radius 2 is 1.87 bits per heavy atom. The molecule has 0 aliphatic carbocycles. The molecule has 0 saturated carbocycles. The van der Waals surface area contributed by atoms with Gasteiger partial charge in [-0.3, -0.25) is 9.59 Å². The van der Waals surface area contributed by atoms with E-state index in [1.54, 1.807) is 6.92 Å². The minimum absolute atomic E-state index is 0.0926. The molecule has 0 bridgehead atoms. The number of nitrogens with two attached hydrogens (primary N) is 1. The zero-order valence-electron chi connectivity index (χ0n) is 17.4. The lowest BCUT2D eigenvalue weighted by molar-refractivity contribution is -0.146. The molecule has 6 nitrogen and oxygen atoms in total. The summed E-state index contributed by atoms with van der Waals surface area (Å²) in [6.07, 6.45) is 2.00. The SMILES string of the molecule is CC1(CC(=O)O)CC(COc2ccc(CN)cc2)N(CCCc2ccccc2)C1=O. The van der Waals surface area contributed by atoms with Crippen LogP contribution in [0.4, 0.5) is 0 Å². The van der Waals surface area contributed by atoms with E-state index < -0.39 is 11.4 Å². The van der Waals surface area contributed by atoms with E-state index in [0.717, 1.165) is 24.2 Å². The van der Waals surface area contributed by atoms with Gasteiger partial charge in [-0.15, -0.1) is 0 Å². The fourth-order valence-corrected chi connectivity index (χ4v) is 4.16. The molecular weight excluding hydrogens is 380 g/mol. The second-order valence-electron chi connectivity index (χ2n) is 8.24. The Labute approximate surface area is 177 Å². The largest absolute Gasteiger partial charge is 0.491 e. The van der Waals surface area contributed by atoms with Crippen molar-refractivity contribution in [3.8, 4) is 5.75 Å². The van der Waals surface area contributed by atoms with Crippen molar-refractivity contribution in [1.82, 2.24) is 4.90 Å². The molecule has 0 spiro atoms. The topological polar surface area (TPSA) is 92.9 Å². The summed E-state index contributed by atoms with van der Waals surface area (Å²) < 4.78 is 5.95. The van der Waals surface area contributed by atoms with E-state index in [0.29, 0.717) is 26.1 Å². The molecule has 6 heteroatoms. The molecule has 1 aliphatic heterocycles. The van der Waals surface area contributed by atoms with Crippen molar-refractivity contribution < 1.29 is 19.4 Å². The number of carboxylic acid groups (broad SMARTS) is 1. The van der Waals surface area contributed by atoms with Crippen LogP contribution in [0.1, 0.15) is 37.3 Å². The lowest BCUT2D eigenvalue weighted by atomic mass is 9.84. The van der Waals surface area contributed by atoms with E-state index in [-0.39, 0.29) is 18.4 Å². The summed E-state index contributed by atoms with van der Waals surface area (Å²) in [5, 5.41) is 9.30. The number of likely N-dealkylation sites (tertiary alicyclic amines) is 1. The van der Waals surface area contributed by atoms with E-state index in [2.05, 4.69) is 12.1 Å². The Morgan fingerprint density at radius 1 is 1.17 bits per heavy atom. The number of aryl methyl sites for hydroxylation is 1. The molecule has 2 aromatic rings. The highest BCUT2D eigenvalue weighted by molar-refractivity contribution is 5.88. The lowest BCUT2D eigenvalue weighted by Crippen LogP contribution is -2.39. The molecule has 1 heterocycles. The fraction of sp³-hybridized carbons (Fsp3) is 0.417. The van der Waals surface area contributed by atoms with Gasteiger partial charge in [-0.2, -0.15) is 0 Å². The van der Waals surface area contributed by atoms with Crippen molar-refractivity contribution in [2.24, 2.45) is 11.1 Å². The van der Waals surface area contributed by atoms with Crippen LogP contribution in [0, 0.1) is 5.41 Å². The summed E-state index contributed by atoms with van der Waals surface area (Å²) in [7, 11) is 0. The summed E-state index contributed by atoms with van der Waals surface area (Å²) in [6.45, 7) is 3.15. The summed E-state index contributed by atoms with van der Waals surface area (Å²) >= 11 is 0. The van der Waals surface area contributed by atoms with Crippen LogP contribution in [0.25, 0.3) is 0 Å². The van der Waals surface area contributed by atoms with Crippen LogP contribution in [-0.4, -0.2) is 41.1 Å². The Morgan fingerprint density at radius 3 is 2.50 bits per heavy atom. The Hall–Kier alpha value is -2.86. The average molecular weight is 411 g/mol. The van der Waals surface area contributed by atoms with Crippen molar-refractivity contribution in [2.75, 3.05) is 13.2 Å². The molecule has 2 atom stereocenters. The van der Waals surface area contributed by atoms with Gasteiger partial charge >= 0.3 is 5.97 Å². The first-order valence-corrected chi connectivity index (χ1v) is 10.4. The lowest BCUT2D eigenvalue weighted by Gasteiger charge is -2.25. The van der Waals surface area contributed by atoms with Crippen LogP contribution in [0.2, 0.25) is 0 Å². The summed E-state index contributed by atoms with van der Waals surface area (Å²) in [5.41, 5.74) is 6.99. The quantitative estimate of drug-likeness (QED) is 0.627. The molecule has 2 unspecified atom stereocenters. The van der Waals surface area contributed by atoms with Crippen LogP contribution in [0.5, 0.6) is 5.75 Å². The molecule has 0 radical (unpaired) electrons. The number of ether oxygens (including phenoxy) is 1. The molecule has 3 rings (SSSR count). The third-order valence-electron chi connectivity index (χ3n) is 5.75. The second kappa shape index (κ2) is 9.76. The number of hydrogen-bond donors (Lipinski definition) is 2. The van der Waals surface area contributed by atoms with Crippen molar-refractivity contribution >= 4 is 11.9 Å². The van der Waals surface area contributed by atoms with Gasteiger partial charge in [0.25, 0.3) is 0 Å². The standard InChI is InChI=1S/C24H30N2O4/c1-24(15-22(27)28)14-20(17-30-21-11-9-19(16-25)10-12-21)26(23(24)29)13-5-8-18-6-3-2-4-7-18/h2-4,6-7,9-12,20H,5,8,13-17,25H2,1H3,(H,27,28). The Balaban J connectivity index is 1.66. The first kappa shape index (κ1) is 21.8. The highest BCUT2D eigenvalue weighted by Crippen LogP contribution is 2.39. The van der Waals surface area contributed by atoms with Gasteiger partial charge in [0.05, 0.1) is 17.9 Å². The predicted molar refractivity (Wildman–Crippen MR) is 115 cm³/mol. The van der Waals surface area contributed by atoms with Gasteiger partial charge in [0.2, 0.25) is 5.91 Å². The van der Waals surface area contributed by atoms with Crippen LogP contribution in [0.15, 0.2) is 54.6 Å². The molecular formula is C24H30N2O4. The zero-order chi connectivity index (χ0) is 21.6. The van der Waals surface area contributed by atoms with Gasteiger partial charge < -0.3 is 20.5 Å². The Kier molecular flexibility index (Phi) is 7.11. The minimum Gasteiger partial charge on any atom is -0.491 e. The summed E-state index contributed by atoms with van der Waals surface area (Å²) in [5.74, 6) is -0.324. The molecule has 160 valence electrons. The maximum atomic E-state index is 13.1. The summed E-state index contributed by atoms with van der Waals surface area (Å²) in [4.78, 5) is 26.3. The zero-order valence-corrected chi connectivity index (χ0v) is 17.4. The van der Waals surface area contributed by atoms with Crippen LogP contribution in [0.3, 0.4) is 0 Å². The number of rotatable bonds is 10. The second-order valence-corrected chi connectivity index (χ2v) is 8.24. The van der Waals surface area contributed by atoms with E-state index in [9.17, 15) is 14.7 Å². The molecule has 1 saturated heterocycles. The molecule has 1 amide bonds. The van der Waals surface area contributed by atoms with Gasteiger partial charge in [0.15, 0.2) is 0 Å². The Bertz CT molecular complexity index is 853. The van der Waals surface area contributed by atoms with Crippen molar-refractivity contribution in [3.05, 3.63) is 65.7 Å². The number of carbonyl (C=O) groups excluding carboxylic acids is 1. The van der Waals surface area contributed by atoms with Crippen molar-refractivity contribution in [1.29, 1.82) is 0 Å². The first-order chi connectivity index (χ1) is 14.4. The third kappa shape index (κ3) is 5.39. The van der Waals surface area contributed by atoms with Crippen molar-refractivity contribution in [3.63, 3.8) is 0 Å². The molecule has 0 aromatic heterocycles. The molecule has 1 fully saturated rings. The minimum atomic E-state index is -0.950. The monoisotopic (exact) mass is 410 g/mol. The molecule has 2 aromatic carbocycles. The number of hydrogen-bond acceptors (Lipinski definition) is 4.